The molecule has 0 radical (unpaired) electrons. The van der Waals surface area contributed by atoms with E-state index < -0.39 is 23.3 Å². The van der Waals surface area contributed by atoms with Crippen molar-refractivity contribution in [1.82, 2.24) is 10.2 Å². The van der Waals surface area contributed by atoms with E-state index in [1.54, 1.807) is 24.3 Å². The minimum atomic E-state index is -1.12. The van der Waals surface area contributed by atoms with E-state index in [0.29, 0.717) is 24.1 Å². The molecule has 3 aromatic rings. The number of benzene rings is 2. The van der Waals surface area contributed by atoms with Gasteiger partial charge >= 0.3 is 5.97 Å². The van der Waals surface area contributed by atoms with Gasteiger partial charge in [-0.25, -0.2) is 4.79 Å². The van der Waals surface area contributed by atoms with E-state index in [-0.39, 0.29) is 34.0 Å². The number of carbonyl (C=O) groups is 2. The van der Waals surface area contributed by atoms with Gasteiger partial charge in [0.15, 0.2) is 11.0 Å². The molecule has 0 bridgehead atoms. The first kappa shape index (κ1) is 25.3. The molecule has 4 N–H and O–H groups in total. The van der Waals surface area contributed by atoms with Crippen LogP contribution in [0.3, 0.4) is 0 Å². The van der Waals surface area contributed by atoms with Crippen molar-refractivity contribution in [3.63, 3.8) is 0 Å². The highest BCUT2D eigenvalue weighted by molar-refractivity contribution is 7.99. The Labute approximate surface area is 211 Å². The average Bonchev–Trinajstić information content (AvgIpc) is 2.82. The number of fused-ring (bicyclic) bond motifs is 1. The Morgan fingerprint density at radius 1 is 1.17 bits per heavy atom. The van der Waals surface area contributed by atoms with Crippen LogP contribution in [0.5, 0.6) is 11.5 Å². The summed E-state index contributed by atoms with van der Waals surface area (Å²) >= 11 is 1.27. The molecule has 0 unspecified atom stereocenters. The fraction of sp³-hybridized carbons (Fsp3) is 0.269. The van der Waals surface area contributed by atoms with Crippen molar-refractivity contribution in [2.45, 2.75) is 24.3 Å². The van der Waals surface area contributed by atoms with Gasteiger partial charge in [-0.1, -0.05) is 18.2 Å². The van der Waals surface area contributed by atoms with Gasteiger partial charge in [-0.2, -0.15) is 0 Å². The van der Waals surface area contributed by atoms with E-state index in [1.807, 2.05) is 13.1 Å². The zero-order chi connectivity index (χ0) is 26.0. The van der Waals surface area contributed by atoms with Crippen molar-refractivity contribution in [3.05, 3.63) is 58.3 Å². The summed E-state index contributed by atoms with van der Waals surface area (Å²) in [4.78, 5) is 38.4. The summed E-state index contributed by atoms with van der Waals surface area (Å²) in [6.45, 7) is 2.73. The Morgan fingerprint density at radius 2 is 1.89 bits per heavy atom. The average molecular weight is 511 g/mol. The summed E-state index contributed by atoms with van der Waals surface area (Å²) in [7, 11) is 1.99. The third-order valence-electron chi connectivity index (χ3n) is 5.92. The summed E-state index contributed by atoms with van der Waals surface area (Å²) < 4.78 is 6.11. The van der Waals surface area contributed by atoms with Gasteiger partial charge in [0.1, 0.15) is 28.7 Å². The first-order valence-electron chi connectivity index (χ1n) is 11.3. The molecule has 0 saturated heterocycles. The fourth-order valence-electron chi connectivity index (χ4n) is 4.07. The topological polar surface area (TPSA) is 140 Å². The van der Waals surface area contributed by atoms with Gasteiger partial charge < -0.3 is 30.0 Å². The lowest BCUT2D eigenvalue weighted by molar-refractivity contribution is -0.140. The van der Waals surface area contributed by atoms with E-state index in [9.17, 15) is 29.7 Å². The number of carboxylic acids is 1. The molecule has 2 aromatic carbocycles. The number of rotatable bonds is 7. The molecule has 1 atom stereocenters. The number of nitrogens with zero attached hydrogens (tertiary/aromatic N) is 1. The first-order valence-corrected chi connectivity index (χ1v) is 12.3. The SMILES string of the molecule is CC(=O)N[C@H](CSc1ccc(-c2cc(=O)c3c(O)cc(O)c(C4=CCN(C)CC4)c3o2)cc1)C(=O)O. The largest absolute Gasteiger partial charge is 0.507 e. The maximum atomic E-state index is 13.0. The Kier molecular flexibility index (Phi) is 7.37. The van der Waals surface area contributed by atoms with Crippen molar-refractivity contribution in [2.24, 2.45) is 0 Å². The molecule has 1 aromatic heterocycles. The van der Waals surface area contributed by atoms with Gasteiger partial charge in [-0.05, 0) is 31.2 Å². The van der Waals surface area contributed by atoms with Gasteiger partial charge in [0.05, 0.1) is 5.56 Å². The van der Waals surface area contributed by atoms with Crippen molar-refractivity contribution in [1.29, 1.82) is 0 Å². The van der Waals surface area contributed by atoms with Crippen molar-refractivity contribution in [2.75, 3.05) is 25.9 Å². The number of likely N-dealkylation sites (N-methyl/N-ethyl adjacent to an activating group) is 1. The normalized spacial score (nSPS) is 14.9. The summed E-state index contributed by atoms with van der Waals surface area (Å²) in [6, 6.07) is 8.44. The van der Waals surface area contributed by atoms with E-state index in [2.05, 4.69) is 10.2 Å². The highest BCUT2D eigenvalue weighted by atomic mass is 32.2. The van der Waals surface area contributed by atoms with Crippen LogP contribution in [0.1, 0.15) is 18.9 Å². The number of phenolic OH excluding ortho intramolecular Hbond substituents is 2. The maximum Gasteiger partial charge on any atom is 0.327 e. The summed E-state index contributed by atoms with van der Waals surface area (Å²) in [5, 5.41) is 32.7. The Balaban J connectivity index is 1.68. The Bertz CT molecular complexity index is 1410. The number of nitrogens with one attached hydrogen (secondary N) is 1. The third-order valence-corrected chi connectivity index (χ3v) is 7.03. The highest BCUT2D eigenvalue weighted by Gasteiger charge is 2.23. The zero-order valence-electron chi connectivity index (χ0n) is 19.8. The number of carboxylic acid groups (broad SMARTS) is 1. The van der Waals surface area contributed by atoms with E-state index in [4.69, 9.17) is 4.42 Å². The molecular formula is C26H26N2O7S. The van der Waals surface area contributed by atoms with Gasteiger partial charge in [0.25, 0.3) is 0 Å². The Morgan fingerprint density at radius 3 is 2.50 bits per heavy atom. The van der Waals surface area contributed by atoms with Gasteiger partial charge in [0, 0.05) is 48.4 Å². The summed E-state index contributed by atoms with van der Waals surface area (Å²) in [5.41, 5.74) is 1.54. The number of carbonyl (C=O) groups excluding carboxylic acids is 1. The highest BCUT2D eigenvalue weighted by Crippen LogP contribution is 2.40. The van der Waals surface area contributed by atoms with Gasteiger partial charge in [-0.3, -0.25) is 9.59 Å². The molecule has 0 spiro atoms. The zero-order valence-corrected chi connectivity index (χ0v) is 20.6. The molecule has 0 saturated carbocycles. The van der Waals surface area contributed by atoms with E-state index >= 15 is 0 Å². The van der Waals surface area contributed by atoms with Crippen LogP contribution >= 0.6 is 11.8 Å². The lowest BCUT2D eigenvalue weighted by Crippen LogP contribution is -2.41. The number of aliphatic carboxylic acids is 1. The molecule has 2 heterocycles. The second kappa shape index (κ2) is 10.5. The lowest BCUT2D eigenvalue weighted by Gasteiger charge is -2.23. The van der Waals surface area contributed by atoms with E-state index in [1.165, 1.54) is 30.8 Å². The summed E-state index contributed by atoms with van der Waals surface area (Å²) in [5.74, 6) is -1.63. The van der Waals surface area contributed by atoms with Gasteiger partial charge in [-0.15, -0.1) is 11.8 Å². The maximum absolute atomic E-state index is 13.0. The second-order valence-corrected chi connectivity index (χ2v) is 9.73. The van der Waals surface area contributed by atoms with Crippen LogP contribution in [0.25, 0.3) is 27.9 Å². The molecule has 0 aliphatic carbocycles. The number of phenols is 2. The molecule has 10 heteroatoms. The standard InChI is InChI=1S/C26H26N2O7S/c1-14(29)27-18(26(33)34)13-36-17-5-3-15(4-6-17)22-12-21(32)24-20(31)11-19(30)23(25(24)35-22)16-7-9-28(2)10-8-16/h3-7,11-12,18,30-31H,8-10,13H2,1-2H3,(H,27,29)(H,33,34)/t18-/m1/s1. The number of thioether (sulfide) groups is 1. The minimum Gasteiger partial charge on any atom is -0.507 e. The number of aromatic hydroxyl groups is 2. The molecular weight excluding hydrogens is 484 g/mol. The lowest BCUT2D eigenvalue weighted by atomic mass is 9.96. The molecule has 9 nitrogen and oxygen atoms in total. The smallest absolute Gasteiger partial charge is 0.327 e. The van der Waals surface area contributed by atoms with Crippen LogP contribution in [0.2, 0.25) is 0 Å². The van der Waals surface area contributed by atoms with E-state index in [0.717, 1.165) is 17.0 Å². The van der Waals surface area contributed by atoms with Crippen LogP contribution in [0.15, 0.2) is 56.6 Å². The molecule has 0 fully saturated rings. The predicted molar refractivity (Wildman–Crippen MR) is 137 cm³/mol. The fourth-order valence-corrected chi connectivity index (χ4v) is 4.98. The predicted octanol–water partition coefficient (Wildman–Crippen LogP) is 3.27. The van der Waals surface area contributed by atoms with Crippen LogP contribution in [-0.2, 0) is 9.59 Å². The number of hydrogen-bond donors (Lipinski definition) is 4. The molecule has 1 aliphatic heterocycles. The molecule has 36 heavy (non-hydrogen) atoms. The van der Waals surface area contributed by atoms with Crippen LogP contribution in [0.4, 0.5) is 0 Å². The molecule has 1 amide bonds. The minimum absolute atomic E-state index is 0.0104. The Hall–Kier alpha value is -3.76. The first-order chi connectivity index (χ1) is 17.1. The number of amides is 1. The van der Waals surface area contributed by atoms with Crippen molar-refractivity contribution in [3.8, 4) is 22.8 Å². The molecule has 1 aliphatic rings. The molecule has 188 valence electrons. The second-order valence-electron chi connectivity index (χ2n) is 8.64. The monoisotopic (exact) mass is 510 g/mol. The van der Waals surface area contributed by atoms with Crippen molar-refractivity contribution >= 4 is 40.2 Å². The number of hydrogen-bond acceptors (Lipinski definition) is 8. The summed E-state index contributed by atoms with van der Waals surface area (Å²) in [6.07, 6.45) is 2.62. The quantitative estimate of drug-likeness (QED) is 0.353. The van der Waals surface area contributed by atoms with Crippen LogP contribution in [-0.4, -0.2) is 64.0 Å². The molecule has 4 rings (SSSR count). The van der Waals surface area contributed by atoms with Crippen LogP contribution in [0, 0.1) is 0 Å². The van der Waals surface area contributed by atoms with Crippen molar-refractivity contribution < 1.29 is 29.3 Å². The van der Waals surface area contributed by atoms with Gasteiger partial charge in [0.2, 0.25) is 5.91 Å². The van der Waals surface area contributed by atoms with Crippen LogP contribution < -0.4 is 10.7 Å². The third kappa shape index (κ3) is 5.39.